The van der Waals surface area contributed by atoms with Crippen molar-refractivity contribution in [2.24, 2.45) is 17.1 Å². The molecule has 2 atom stereocenters. The topological polar surface area (TPSA) is 81.4 Å². The number of rotatable bonds is 6. The molecule has 2 amide bonds. The van der Waals surface area contributed by atoms with Gasteiger partial charge in [0, 0.05) is 25.7 Å². The maximum absolute atomic E-state index is 12.5. The molecule has 5 nitrogen and oxygen atoms in total. The van der Waals surface area contributed by atoms with Gasteiger partial charge in [0.1, 0.15) is 0 Å². The number of nitrogens with one attached hydrogen (secondary N) is 1. The summed E-state index contributed by atoms with van der Waals surface area (Å²) in [4.78, 5) is 24.3. The molecule has 0 radical (unpaired) electrons. The Morgan fingerprint density at radius 2 is 1.88 bits per heavy atom. The van der Waals surface area contributed by atoms with Crippen molar-refractivity contribution < 1.29 is 14.3 Å². The first kappa shape index (κ1) is 17.9. The second kappa shape index (κ2) is 7.16. The average molecular weight is 344 g/mol. The minimum atomic E-state index is -0.656. The molecule has 1 heterocycles. The van der Waals surface area contributed by atoms with Crippen LogP contribution < -0.4 is 11.1 Å². The molecule has 1 saturated heterocycles. The van der Waals surface area contributed by atoms with E-state index < -0.39 is 5.41 Å². The first-order valence-corrected chi connectivity index (χ1v) is 9.18. The van der Waals surface area contributed by atoms with Crippen LogP contribution in [0.25, 0.3) is 0 Å². The van der Waals surface area contributed by atoms with Gasteiger partial charge >= 0.3 is 0 Å². The van der Waals surface area contributed by atoms with E-state index >= 15 is 0 Å². The molecule has 2 fully saturated rings. The number of hydrogen-bond acceptors (Lipinski definition) is 3. The van der Waals surface area contributed by atoms with Gasteiger partial charge < -0.3 is 15.8 Å². The van der Waals surface area contributed by atoms with E-state index in [1.54, 1.807) is 0 Å². The lowest BCUT2D eigenvalue weighted by Gasteiger charge is -2.34. The second-order valence-corrected chi connectivity index (χ2v) is 7.74. The quantitative estimate of drug-likeness (QED) is 0.831. The van der Waals surface area contributed by atoms with Crippen molar-refractivity contribution in [3.05, 3.63) is 35.4 Å². The van der Waals surface area contributed by atoms with Crippen molar-refractivity contribution >= 4 is 11.8 Å². The predicted molar refractivity (Wildman–Crippen MR) is 96.1 cm³/mol. The molecule has 1 saturated carbocycles. The zero-order valence-corrected chi connectivity index (χ0v) is 15.1. The Kier molecular flexibility index (Phi) is 5.13. The summed E-state index contributed by atoms with van der Waals surface area (Å²) in [5.74, 6) is 0.504. The van der Waals surface area contributed by atoms with Crippen molar-refractivity contribution in [1.29, 1.82) is 0 Å². The Morgan fingerprint density at radius 1 is 1.24 bits per heavy atom. The van der Waals surface area contributed by atoms with Crippen LogP contribution in [-0.4, -0.2) is 31.6 Å². The summed E-state index contributed by atoms with van der Waals surface area (Å²) in [6, 6.07) is 8.57. The highest BCUT2D eigenvalue weighted by Gasteiger charge is 2.45. The van der Waals surface area contributed by atoms with Crippen LogP contribution in [0.1, 0.15) is 56.1 Å². The highest BCUT2D eigenvalue weighted by Crippen LogP contribution is 2.47. The highest BCUT2D eigenvalue weighted by molar-refractivity contribution is 5.85. The van der Waals surface area contributed by atoms with E-state index in [2.05, 4.69) is 43.4 Å². The van der Waals surface area contributed by atoms with Crippen molar-refractivity contribution in [3.8, 4) is 0 Å². The van der Waals surface area contributed by atoms with Crippen LogP contribution in [0.3, 0.4) is 0 Å². The van der Waals surface area contributed by atoms with Gasteiger partial charge in [-0.2, -0.15) is 0 Å². The minimum absolute atomic E-state index is 0.00895. The molecular formula is C20H28N2O3. The monoisotopic (exact) mass is 344 g/mol. The lowest BCUT2D eigenvalue weighted by atomic mass is 9.79. The number of primary amides is 1. The number of benzene rings is 1. The normalized spacial score (nSPS) is 24.8. The molecule has 3 rings (SSSR count). The molecule has 136 valence electrons. The first-order chi connectivity index (χ1) is 11.9. The Hall–Kier alpha value is -1.88. The molecule has 2 aliphatic rings. The summed E-state index contributed by atoms with van der Waals surface area (Å²) < 4.78 is 5.32. The Morgan fingerprint density at radius 3 is 2.44 bits per heavy atom. The average Bonchev–Trinajstić information content (AvgIpc) is 3.41. The largest absolute Gasteiger partial charge is 0.381 e. The van der Waals surface area contributed by atoms with E-state index in [1.807, 2.05) is 0 Å². The number of ether oxygens (including phenoxy) is 1. The Bertz CT molecular complexity index is 633. The Balaban J connectivity index is 1.55. The van der Waals surface area contributed by atoms with Gasteiger partial charge in [0.05, 0.1) is 5.41 Å². The van der Waals surface area contributed by atoms with Gasteiger partial charge in [-0.25, -0.2) is 0 Å². The van der Waals surface area contributed by atoms with Crippen LogP contribution in [0.5, 0.6) is 0 Å². The van der Waals surface area contributed by atoms with Gasteiger partial charge in [0.25, 0.3) is 0 Å². The lowest BCUT2D eigenvalue weighted by Crippen LogP contribution is -2.49. The number of nitrogens with two attached hydrogens (primary N) is 1. The summed E-state index contributed by atoms with van der Waals surface area (Å²) >= 11 is 0. The van der Waals surface area contributed by atoms with Crippen molar-refractivity contribution in [2.75, 3.05) is 19.8 Å². The van der Waals surface area contributed by atoms with Crippen LogP contribution in [0, 0.1) is 11.3 Å². The number of carbonyl (C=O) groups excluding carboxylic acids is 2. The van der Waals surface area contributed by atoms with Crippen molar-refractivity contribution in [1.82, 2.24) is 5.32 Å². The van der Waals surface area contributed by atoms with Gasteiger partial charge in [0.2, 0.25) is 11.8 Å². The van der Waals surface area contributed by atoms with Crippen LogP contribution in [0.15, 0.2) is 24.3 Å². The molecule has 1 aliphatic heterocycles. The van der Waals surface area contributed by atoms with E-state index in [4.69, 9.17) is 10.5 Å². The third-order valence-corrected chi connectivity index (χ3v) is 5.73. The fraction of sp³-hybridized carbons (Fsp3) is 0.600. The Labute approximate surface area is 149 Å². The number of hydrogen-bond donors (Lipinski definition) is 2. The molecule has 1 aliphatic carbocycles. The minimum Gasteiger partial charge on any atom is -0.381 e. The smallest absolute Gasteiger partial charge is 0.225 e. The second-order valence-electron chi connectivity index (χ2n) is 7.74. The van der Waals surface area contributed by atoms with E-state index in [-0.39, 0.29) is 17.7 Å². The number of carbonyl (C=O) groups is 2. The van der Waals surface area contributed by atoms with Gasteiger partial charge in [-0.3, -0.25) is 9.59 Å². The molecule has 3 N–H and O–H groups in total. The molecule has 0 aromatic heterocycles. The fourth-order valence-electron chi connectivity index (χ4n) is 3.64. The van der Waals surface area contributed by atoms with Gasteiger partial charge in [-0.05, 0) is 42.2 Å². The summed E-state index contributed by atoms with van der Waals surface area (Å²) in [5, 5.41) is 2.97. The van der Waals surface area contributed by atoms with Gasteiger partial charge in [-0.1, -0.05) is 38.1 Å². The molecule has 0 bridgehead atoms. The third-order valence-electron chi connectivity index (χ3n) is 5.73. The SMILES string of the molecule is CC(C)c1ccc([C@H]2C[C@@H]2C(=O)NCC2(C(N)=O)CCOCC2)cc1. The van der Waals surface area contributed by atoms with E-state index in [1.165, 1.54) is 11.1 Å². The predicted octanol–water partition coefficient (Wildman–Crippen LogP) is 2.31. The maximum atomic E-state index is 12.5. The van der Waals surface area contributed by atoms with Gasteiger partial charge in [-0.15, -0.1) is 0 Å². The molecule has 5 heteroatoms. The molecule has 1 aromatic carbocycles. The maximum Gasteiger partial charge on any atom is 0.225 e. The standard InChI is InChI=1S/C20H28N2O3/c1-13(2)14-3-5-15(6-4-14)16-11-17(16)18(23)22-12-20(19(21)24)7-9-25-10-8-20/h3-6,13,16-17H,7-12H2,1-2H3,(H2,21,24)(H,22,23)/t16-,17+/m1/s1. The molecule has 25 heavy (non-hydrogen) atoms. The lowest BCUT2D eigenvalue weighted by molar-refractivity contribution is -0.134. The van der Waals surface area contributed by atoms with E-state index in [0.29, 0.717) is 44.4 Å². The molecule has 0 unspecified atom stereocenters. The van der Waals surface area contributed by atoms with E-state index in [0.717, 1.165) is 6.42 Å². The van der Waals surface area contributed by atoms with Crippen LogP contribution >= 0.6 is 0 Å². The third kappa shape index (κ3) is 3.87. The van der Waals surface area contributed by atoms with Crippen LogP contribution in [0.2, 0.25) is 0 Å². The zero-order valence-electron chi connectivity index (χ0n) is 15.1. The van der Waals surface area contributed by atoms with E-state index in [9.17, 15) is 9.59 Å². The summed E-state index contributed by atoms with van der Waals surface area (Å²) in [6.07, 6.45) is 2.03. The van der Waals surface area contributed by atoms with Crippen LogP contribution in [-0.2, 0) is 14.3 Å². The highest BCUT2D eigenvalue weighted by atomic mass is 16.5. The fourth-order valence-corrected chi connectivity index (χ4v) is 3.64. The van der Waals surface area contributed by atoms with Gasteiger partial charge in [0.15, 0.2) is 0 Å². The van der Waals surface area contributed by atoms with Crippen molar-refractivity contribution in [2.45, 2.75) is 44.9 Å². The van der Waals surface area contributed by atoms with Crippen LogP contribution in [0.4, 0.5) is 0 Å². The summed E-state index contributed by atoms with van der Waals surface area (Å²) in [5.41, 5.74) is 7.47. The summed E-state index contributed by atoms with van der Waals surface area (Å²) in [6.45, 7) is 5.71. The zero-order chi connectivity index (χ0) is 18.0. The first-order valence-electron chi connectivity index (χ1n) is 9.18. The molecule has 1 aromatic rings. The summed E-state index contributed by atoms with van der Waals surface area (Å²) in [7, 11) is 0. The van der Waals surface area contributed by atoms with Crippen molar-refractivity contribution in [3.63, 3.8) is 0 Å². The molecule has 0 spiro atoms. The number of amides is 2. The molecular weight excluding hydrogens is 316 g/mol.